The maximum absolute atomic E-state index is 6.23. The molecule has 0 aliphatic heterocycles. The van der Waals surface area contributed by atoms with Crippen LogP contribution in [-0.2, 0) is 16.3 Å². The van der Waals surface area contributed by atoms with Crippen LogP contribution in [0, 0.1) is 6.92 Å². The molecule has 3 rings (SSSR count). The number of aliphatic imine (C=N–C) groups is 1. The van der Waals surface area contributed by atoms with Gasteiger partial charge in [-0.15, -0.1) is 0 Å². The first kappa shape index (κ1) is 24.2. The third kappa shape index (κ3) is 5.85. The van der Waals surface area contributed by atoms with E-state index < -0.39 is 0 Å². The molecule has 0 aliphatic rings. The molecule has 3 aromatic carbocycles. The van der Waals surface area contributed by atoms with Crippen LogP contribution >= 0.6 is 8.58 Å². The lowest BCUT2D eigenvalue weighted by molar-refractivity contribution is 0.0494. The van der Waals surface area contributed by atoms with Gasteiger partial charge < -0.3 is 9.47 Å². The van der Waals surface area contributed by atoms with Crippen molar-refractivity contribution in [1.82, 2.24) is 0 Å². The van der Waals surface area contributed by atoms with E-state index in [1.54, 1.807) is 7.11 Å². The second-order valence-electron chi connectivity index (χ2n) is 8.30. The summed E-state index contributed by atoms with van der Waals surface area (Å²) >= 11 is 0. The average Bonchev–Trinajstić information content (AvgIpc) is 2.80. The summed E-state index contributed by atoms with van der Waals surface area (Å²) < 4.78 is 11.5. The molecular formula is C28H34NO2P. The second kappa shape index (κ2) is 11.4. The molecule has 0 heterocycles. The van der Waals surface area contributed by atoms with Crippen LogP contribution in [0.5, 0.6) is 5.75 Å². The van der Waals surface area contributed by atoms with Crippen LogP contribution < -0.4 is 10.0 Å². The van der Waals surface area contributed by atoms with E-state index in [4.69, 9.17) is 9.47 Å². The zero-order valence-electron chi connectivity index (χ0n) is 19.8. The highest BCUT2D eigenvalue weighted by Gasteiger charge is 2.30. The van der Waals surface area contributed by atoms with Gasteiger partial charge in [-0.05, 0) is 41.4 Å². The van der Waals surface area contributed by atoms with Gasteiger partial charge in [-0.1, -0.05) is 88.7 Å². The normalized spacial score (nSPS) is 13.7. The molecular weight excluding hydrogens is 413 g/mol. The summed E-state index contributed by atoms with van der Waals surface area (Å²) in [6, 6.07) is 23.8. The molecule has 0 fully saturated rings. The maximum Gasteiger partial charge on any atom is 0.188 e. The Morgan fingerprint density at radius 3 is 2.50 bits per heavy atom. The van der Waals surface area contributed by atoms with Crippen molar-refractivity contribution in [2.45, 2.75) is 38.8 Å². The summed E-state index contributed by atoms with van der Waals surface area (Å²) in [5.41, 5.74) is 6.15. The molecule has 0 radical (unpaired) electrons. The fourth-order valence-electron chi connectivity index (χ4n) is 3.95. The van der Waals surface area contributed by atoms with Crippen LogP contribution in [0.25, 0.3) is 0 Å². The van der Waals surface area contributed by atoms with Gasteiger partial charge in [0.25, 0.3) is 0 Å². The van der Waals surface area contributed by atoms with E-state index in [1.165, 1.54) is 33.1 Å². The number of benzene rings is 3. The first-order valence-electron chi connectivity index (χ1n) is 11.1. The number of hydrogen-bond donors (Lipinski definition) is 0. The van der Waals surface area contributed by atoms with Gasteiger partial charge in [0.15, 0.2) is 6.79 Å². The molecule has 0 N–H and O–H groups in total. The van der Waals surface area contributed by atoms with E-state index in [2.05, 4.69) is 92.5 Å². The number of hydrogen-bond acceptors (Lipinski definition) is 3. The van der Waals surface area contributed by atoms with Crippen molar-refractivity contribution in [3.8, 4) is 5.75 Å². The summed E-state index contributed by atoms with van der Waals surface area (Å²) in [4.78, 5) is 4.29. The van der Waals surface area contributed by atoms with Crippen molar-refractivity contribution < 1.29 is 9.47 Å². The zero-order valence-corrected chi connectivity index (χ0v) is 20.8. The number of methoxy groups -OCH3 is 1. The molecule has 0 spiro atoms. The number of para-hydroxylation sites is 1. The van der Waals surface area contributed by atoms with E-state index in [9.17, 15) is 0 Å². The van der Waals surface area contributed by atoms with Gasteiger partial charge >= 0.3 is 0 Å². The third-order valence-corrected chi connectivity index (χ3v) is 7.74. The smallest absolute Gasteiger partial charge is 0.188 e. The molecule has 0 saturated carbocycles. The van der Waals surface area contributed by atoms with Crippen LogP contribution in [0.4, 0.5) is 0 Å². The lowest BCUT2D eigenvalue weighted by Gasteiger charge is -2.32. The van der Waals surface area contributed by atoms with Gasteiger partial charge in [0, 0.05) is 37.5 Å². The maximum atomic E-state index is 6.23. The van der Waals surface area contributed by atoms with Crippen molar-refractivity contribution in [3.63, 3.8) is 0 Å². The first-order valence-corrected chi connectivity index (χ1v) is 12.1. The molecule has 0 aromatic heterocycles. The van der Waals surface area contributed by atoms with Gasteiger partial charge in [-0.2, -0.15) is 0 Å². The Balaban J connectivity index is 2.05. The molecule has 0 aliphatic carbocycles. The Kier molecular flexibility index (Phi) is 8.61. The zero-order chi connectivity index (χ0) is 23.0. The van der Waals surface area contributed by atoms with Gasteiger partial charge in [0.2, 0.25) is 0 Å². The quantitative estimate of drug-likeness (QED) is 0.209. The highest BCUT2D eigenvalue weighted by atomic mass is 31.1. The van der Waals surface area contributed by atoms with Crippen LogP contribution in [0.15, 0.2) is 71.7 Å². The minimum Gasteiger partial charge on any atom is -0.467 e. The predicted molar refractivity (Wildman–Crippen MR) is 138 cm³/mol. The lowest BCUT2D eigenvalue weighted by Crippen LogP contribution is -2.22. The fourth-order valence-corrected chi connectivity index (χ4v) is 5.50. The van der Waals surface area contributed by atoms with Crippen molar-refractivity contribution >= 4 is 20.1 Å². The Labute approximate surface area is 194 Å². The first-order chi connectivity index (χ1) is 15.5. The van der Waals surface area contributed by atoms with Gasteiger partial charge in [0.1, 0.15) is 5.75 Å². The van der Waals surface area contributed by atoms with Crippen LogP contribution in [0.3, 0.4) is 0 Å². The largest absolute Gasteiger partial charge is 0.467 e. The molecule has 0 amide bonds. The molecule has 3 aromatic rings. The lowest BCUT2D eigenvalue weighted by atomic mass is 9.92. The summed E-state index contributed by atoms with van der Waals surface area (Å²) in [5, 5.41) is 1.26. The molecule has 0 saturated heterocycles. The Hall–Kier alpha value is -2.48. The Bertz CT molecular complexity index is 1050. The van der Waals surface area contributed by atoms with Crippen LogP contribution in [0.1, 0.15) is 48.1 Å². The number of nitrogens with zero attached hydrogens (tertiary/aromatic N) is 1. The summed E-state index contributed by atoms with van der Waals surface area (Å²) in [7, 11) is 4.09. The molecule has 168 valence electrons. The van der Waals surface area contributed by atoms with Gasteiger partial charge in [0.05, 0.1) is 0 Å². The minimum absolute atomic E-state index is 0.0681. The topological polar surface area (TPSA) is 30.8 Å². The van der Waals surface area contributed by atoms with E-state index in [-0.39, 0.29) is 11.9 Å². The van der Waals surface area contributed by atoms with Gasteiger partial charge in [-0.3, -0.25) is 4.99 Å². The van der Waals surface area contributed by atoms with E-state index in [0.29, 0.717) is 8.58 Å². The number of ether oxygens (including phenoxy) is 2. The highest BCUT2D eigenvalue weighted by molar-refractivity contribution is 7.48. The molecule has 2 atom stereocenters. The summed E-state index contributed by atoms with van der Waals surface area (Å²) in [6.07, 6.45) is 3.80. The number of aryl methyl sites for hydroxylation is 1. The van der Waals surface area contributed by atoms with Crippen LogP contribution in [-0.4, -0.2) is 27.2 Å². The molecule has 4 heteroatoms. The van der Waals surface area contributed by atoms with Crippen LogP contribution in [0.2, 0.25) is 0 Å². The average molecular weight is 448 g/mol. The monoisotopic (exact) mass is 447 g/mol. The Morgan fingerprint density at radius 2 is 1.81 bits per heavy atom. The molecule has 0 bridgehead atoms. The van der Waals surface area contributed by atoms with Crippen molar-refractivity contribution in [3.05, 3.63) is 94.5 Å². The molecule has 32 heavy (non-hydrogen) atoms. The third-order valence-electron chi connectivity index (χ3n) is 5.84. The number of rotatable bonds is 10. The van der Waals surface area contributed by atoms with Crippen molar-refractivity contribution in [2.24, 2.45) is 4.99 Å². The van der Waals surface area contributed by atoms with Gasteiger partial charge in [-0.25, -0.2) is 0 Å². The van der Waals surface area contributed by atoms with E-state index in [1.807, 2.05) is 13.3 Å². The van der Waals surface area contributed by atoms with Crippen molar-refractivity contribution in [2.75, 3.05) is 21.0 Å². The molecule has 2 unspecified atom stereocenters. The fraction of sp³-hybridized carbons (Fsp3) is 0.321. The minimum atomic E-state index is -0.0681. The Morgan fingerprint density at radius 1 is 1.03 bits per heavy atom. The standard InChI is InChI=1S/C28H34NO2P/c1-6-28(3,32-26-16-15-21(2)17-24(26)19-29-4)25-14-10-13-23(27(25)31-20-30-5)18-22-11-8-7-9-12-22/h7-17,19,32H,6,18,20H2,1-5H3/b29-19+. The second-order valence-corrected chi connectivity index (χ2v) is 10.2. The van der Waals surface area contributed by atoms with Crippen molar-refractivity contribution in [1.29, 1.82) is 0 Å². The predicted octanol–water partition coefficient (Wildman–Crippen LogP) is 6.25. The summed E-state index contributed by atoms with van der Waals surface area (Å²) in [5.74, 6) is 0.952. The van der Waals surface area contributed by atoms with E-state index in [0.717, 1.165) is 18.6 Å². The summed E-state index contributed by atoms with van der Waals surface area (Å²) in [6.45, 7) is 6.97. The SMILES string of the molecule is CCC(C)(Pc1ccc(C)cc1/C=N/C)c1cccc(Cc2ccccc2)c1OCOC. The van der Waals surface area contributed by atoms with E-state index >= 15 is 0 Å². The highest BCUT2D eigenvalue weighted by Crippen LogP contribution is 2.48. The molecule has 3 nitrogen and oxygen atoms in total.